The zero-order valence-electron chi connectivity index (χ0n) is 10.8. The van der Waals surface area contributed by atoms with Crippen LogP contribution in [0.1, 0.15) is 56.3 Å². The summed E-state index contributed by atoms with van der Waals surface area (Å²) in [7, 11) is 2.04. The normalized spacial score (nSPS) is 12.7. The maximum absolute atomic E-state index is 4.35. The standard InChI is InChI=1S/C14H24N2/c1-4-5-6-7-10-14(15-3)13-9-8-11-16-12(13)2/h8-9,11,14-15H,4-7,10H2,1-3H3. The second kappa shape index (κ2) is 7.39. The molecule has 1 N–H and O–H groups in total. The largest absolute Gasteiger partial charge is 0.313 e. The van der Waals surface area contributed by atoms with Gasteiger partial charge in [-0.25, -0.2) is 0 Å². The smallest absolute Gasteiger partial charge is 0.0420 e. The van der Waals surface area contributed by atoms with Crippen LogP contribution >= 0.6 is 0 Å². The summed E-state index contributed by atoms with van der Waals surface area (Å²) < 4.78 is 0. The van der Waals surface area contributed by atoms with Crippen LogP contribution in [0.5, 0.6) is 0 Å². The first-order valence-electron chi connectivity index (χ1n) is 6.38. The predicted octanol–water partition coefficient (Wildman–Crippen LogP) is 3.62. The lowest BCUT2D eigenvalue weighted by atomic mass is 9.99. The summed E-state index contributed by atoms with van der Waals surface area (Å²) >= 11 is 0. The fraction of sp³-hybridized carbons (Fsp3) is 0.643. The van der Waals surface area contributed by atoms with Crippen molar-refractivity contribution in [2.75, 3.05) is 7.05 Å². The molecule has 2 heteroatoms. The second-order valence-corrected chi connectivity index (χ2v) is 4.37. The van der Waals surface area contributed by atoms with Crippen LogP contribution in [0.15, 0.2) is 18.3 Å². The zero-order chi connectivity index (χ0) is 11.8. The Kier molecular flexibility index (Phi) is 6.09. The number of aromatic nitrogens is 1. The van der Waals surface area contributed by atoms with Gasteiger partial charge in [0.1, 0.15) is 0 Å². The Hall–Kier alpha value is -0.890. The quantitative estimate of drug-likeness (QED) is 0.710. The molecule has 0 fully saturated rings. The van der Waals surface area contributed by atoms with Crippen LogP contribution in [0.2, 0.25) is 0 Å². The van der Waals surface area contributed by atoms with Crippen LogP contribution in [-0.2, 0) is 0 Å². The zero-order valence-corrected chi connectivity index (χ0v) is 10.8. The molecule has 16 heavy (non-hydrogen) atoms. The van der Waals surface area contributed by atoms with Crippen molar-refractivity contribution in [2.24, 2.45) is 0 Å². The Balaban J connectivity index is 2.51. The Bertz CT molecular complexity index is 297. The van der Waals surface area contributed by atoms with E-state index in [-0.39, 0.29) is 0 Å². The molecular formula is C14H24N2. The first kappa shape index (κ1) is 13.2. The maximum atomic E-state index is 4.35. The molecule has 0 amide bonds. The van der Waals surface area contributed by atoms with Gasteiger partial charge in [-0.15, -0.1) is 0 Å². The van der Waals surface area contributed by atoms with Gasteiger partial charge in [-0.05, 0) is 32.0 Å². The van der Waals surface area contributed by atoms with Gasteiger partial charge < -0.3 is 5.32 Å². The number of aryl methyl sites for hydroxylation is 1. The van der Waals surface area contributed by atoms with Gasteiger partial charge in [-0.3, -0.25) is 4.98 Å². The lowest BCUT2D eigenvalue weighted by Crippen LogP contribution is -2.17. The van der Waals surface area contributed by atoms with Crippen LogP contribution in [0.3, 0.4) is 0 Å². The van der Waals surface area contributed by atoms with Gasteiger partial charge in [0.2, 0.25) is 0 Å². The summed E-state index contributed by atoms with van der Waals surface area (Å²) in [6, 6.07) is 4.67. The van der Waals surface area contributed by atoms with E-state index < -0.39 is 0 Å². The highest BCUT2D eigenvalue weighted by Crippen LogP contribution is 2.21. The van der Waals surface area contributed by atoms with E-state index in [4.69, 9.17) is 0 Å². The van der Waals surface area contributed by atoms with Gasteiger partial charge >= 0.3 is 0 Å². The van der Waals surface area contributed by atoms with E-state index in [1.807, 2.05) is 19.3 Å². The van der Waals surface area contributed by atoms with E-state index >= 15 is 0 Å². The summed E-state index contributed by atoms with van der Waals surface area (Å²) in [6.45, 7) is 4.34. The molecular weight excluding hydrogens is 196 g/mol. The van der Waals surface area contributed by atoms with Gasteiger partial charge in [-0.1, -0.05) is 38.7 Å². The minimum atomic E-state index is 0.463. The highest BCUT2D eigenvalue weighted by Gasteiger charge is 2.11. The van der Waals surface area contributed by atoms with Crippen molar-refractivity contribution >= 4 is 0 Å². The molecule has 90 valence electrons. The van der Waals surface area contributed by atoms with E-state index in [0.717, 1.165) is 5.69 Å². The molecule has 1 aromatic rings. The molecule has 1 unspecified atom stereocenters. The number of rotatable bonds is 7. The summed E-state index contributed by atoms with van der Waals surface area (Å²) in [5, 5.41) is 3.40. The molecule has 1 rings (SSSR count). The Morgan fingerprint density at radius 2 is 2.12 bits per heavy atom. The summed E-state index contributed by atoms with van der Waals surface area (Å²) in [5.74, 6) is 0. The molecule has 0 bridgehead atoms. The van der Waals surface area contributed by atoms with Gasteiger partial charge in [0, 0.05) is 17.9 Å². The van der Waals surface area contributed by atoms with Gasteiger partial charge in [0.15, 0.2) is 0 Å². The van der Waals surface area contributed by atoms with Gasteiger partial charge in [0.25, 0.3) is 0 Å². The Morgan fingerprint density at radius 1 is 1.31 bits per heavy atom. The minimum Gasteiger partial charge on any atom is -0.313 e. The summed E-state index contributed by atoms with van der Waals surface area (Å²) in [6.07, 6.45) is 8.37. The molecule has 1 atom stereocenters. The molecule has 0 aliphatic carbocycles. The van der Waals surface area contributed by atoms with Gasteiger partial charge in [-0.2, -0.15) is 0 Å². The molecule has 0 saturated carbocycles. The summed E-state index contributed by atoms with van der Waals surface area (Å²) in [5.41, 5.74) is 2.50. The van der Waals surface area contributed by atoms with Crippen molar-refractivity contribution in [3.05, 3.63) is 29.6 Å². The number of nitrogens with one attached hydrogen (secondary N) is 1. The summed E-state index contributed by atoms with van der Waals surface area (Å²) in [4.78, 5) is 4.35. The third kappa shape index (κ3) is 3.93. The number of pyridine rings is 1. The average Bonchev–Trinajstić information content (AvgIpc) is 2.31. The molecule has 0 aromatic carbocycles. The van der Waals surface area contributed by atoms with Crippen molar-refractivity contribution in [1.29, 1.82) is 0 Å². The van der Waals surface area contributed by atoms with Gasteiger partial charge in [0.05, 0.1) is 0 Å². The lowest BCUT2D eigenvalue weighted by Gasteiger charge is -2.18. The SMILES string of the molecule is CCCCCCC(NC)c1cccnc1C. The highest BCUT2D eigenvalue weighted by molar-refractivity contribution is 5.22. The van der Waals surface area contributed by atoms with Crippen molar-refractivity contribution in [1.82, 2.24) is 10.3 Å². The molecule has 0 aliphatic rings. The Labute approximate surface area is 99.5 Å². The van der Waals surface area contributed by atoms with Crippen molar-refractivity contribution in [3.63, 3.8) is 0 Å². The van der Waals surface area contributed by atoms with E-state index in [2.05, 4.69) is 30.2 Å². The van der Waals surface area contributed by atoms with E-state index in [0.29, 0.717) is 6.04 Å². The number of nitrogens with zero attached hydrogens (tertiary/aromatic N) is 1. The minimum absolute atomic E-state index is 0.463. The van der Waals surface area contributed by atoms with Crippen LogP contribution in [0.25, 0.3) is 0 Å². The Morgan fingerprint density at radius 3 is 2.75 bits per heavy atom. The topological polar surface area (TPSA) is 24.9 Å². The molecule has 0 spiro atoms. The molecule has 0 aliphatic heterocycles. The lowest BCUT2D eigenvalue weighted by molar-refractivity contribution is 0.502. The van der Waals surface area contributed by atoms with Crippen molar-refractivity contribution in [3.8, 4) is 0 Å². The van der Waals surface area contributed by atoms with E-state index in [9.17, 15) is 0 Å². The molecule has 1 heterocycles. The van der Waals surface area contributed by atoms with Crippen LogP contribution in [0.4, 0.5) is 0 Å². The van der Waals surface area contributed by atoms with E-state index in [1.54, 1.807) is 0 Å². The molecule has 2 nitrogen and oxygen atoms in total. The van der Waals surface area contributed by atoms with Crippen molar-refractivity contribution < 1.29 is 0 Å². The average molecular weight is 220 g/mol. The van der Waals surface area contributed by atoms with E-state index in [1.165, 1.54) is 37.7 Å². The van der Waals surface area contributed by atoms with Crippen molar-refractivity contribution in [2.45, 2.75) is 52.0 Å². The highest BCUT2D eigenvalue weighted by atomic mass is 14.9. The first-order valence-corrected chi connectivity index (χ1v) is 6.38. The molecule has 0 radical (unpaired) electrons. The monoisotopic (exact) mass is 220 g/mol. The van der Waals surface area contributed by atoms with Crippen LogP contribution in [0, 0.1) is 6.92 Å². The third-order valence-electron chi connectivity index (χ3n) is 3.12. The van der Waals surface area contributed by atoms with Crippen LogP contribution in [-0.4, -0.2) is 12.0 Å². The fourth-order valence-corrected chi connectivity index (χ4v) is 2.10. The first-order chi connectivity index (χ1) is 7.79. The molecule has 0 saturated heterocycles. The predicted molar refractivity (Wildman–Crippen MR) is 69.5 cm³/mol. The molecule has 1 aromatic heterocycles. The number of hydrogen-bond acceptors (Lipinski definition) is 2. The van der Waals surface area contributed by atoms with Crippen LogP contribution < -0.4 is 5.32 Å². The number of hydrogen-bond donors (Lipinski definition) is 1. The maximum Gasteiger partial charge on any atom is 0.0420 e. The fourth-order valence-electron chi connectivity index (χ4n) is 2.10. The third-order valence-corrected chi connectivity index (χ3v) is 3.12. The number of unbranched alkanes of at least 4 members (excludes halogenated alkanes) is 3. The second-order valence-electron chi connectivity index (χ2n) is 4.37.